The molecule has 1 amide bonds. The minimum Gasteiger partial charge on any atom is -0.444 e. The van der Waals surface area contributed by atoms with Gasteiger partial charge in [0.2, 0.25) is 11.8 Å². The van der Waals surface area contributed by atoms with E-state index in [2.05, 4.69) is 15.6 Å². The Hall–Kier alpha value is -1.36. The summed E-state index contributed by atoms with van der Waals surface area (Å²) < 4.78 is 5.41. The van der Waals surface area contributed by atoms with Crippen molar-refractivity contribution in [2.24, 2.45) is 0 Å². The van der Waals surface area contributed by atoms with Gasteiger partial charge in [-0.25, -0.2) is 4.98 Å². The van der Waals surface area contributed by atoms with Crippen LogP contribution in [-0.4, -0.2) is 23.0 Å². The van der Waals surface area contributed by atoms with Crippen molar-refractivity contribution in [1.29, 1.82) is 0 Å². The van der Waals surface area contributed by atoms with E-state index in [-0.39, 0.29) is 18.0 Å². The van der Waals surface area contributed by atoms with E-state index < -0.39 is 0 Å². The lowest BCUT2D eigenvalue weighted by atomic mass is 10.1. The van der Waals surface area contributed by atoms with Gasteiger partial charge in [-0.05, 0) is 20.8 Å². The van der Waals surface area contributed by atoms with Crippen LogP contribution in [0.2, 0.25) is 0 Å². The Balaban J connectivity index is 2.26. The third-order valence-electron chi connectivity index (χ3n) is 2.03. The molecule has 1 heterocycles. The average molecular weight is 239 g/mol. The Morgan fingerprint density at radius 1 is 1.47 bits per heavy atom. The van der Waals surface area contributed by atoms with Crippen LogP contribution >= 0.6 is 0 Å². The molecule has 5 nitrogen and oxygen atoms in total. The molecular weight excluding hydrogens is 218 g/mol. The molecule has 0 unspecified atom stereocenters. The zero-order chi connectivity index (χ0) is 12.9. The molecule has 5 heteroatoms. The van der Waals surface area contributed by atoms with E-state index in [0.29, 0.717) is 12.4 Å². The second-order valence-electron chi connectivity index (χ2n) is 4.98. The molecule has 0 aliphatic heterocycles. The van der Waals surface area contributed by atoms with Crippen molar-refractivity contribution >= 4 is 5.91 Å². The third kappa shape index (κ3) is 5.49. The highest BCUT2D eigenvalue weighted by molar-refractivity contribution is 5.78. The summed E-state index contributed by atoms with van der Waals surface area (Å²) in [7, 11) is 0. The number of oxazole rings is 1. The van der Waals surface area contributed by atoms with Crippen LogP contribution in [0.15, 0.2) is 10.6 Å². The summed E-state index contributed by atoms with van der Waals surface area (Å²) in [6, 6.07) is 0. The van der Waals surface area contributed by atoms with Crippen LogP contribution in [0.1, 0.15) is 39.3 Å². The smallest absolute Gasteiger partial charge is 0.234 e. The van der Waals surface area contributed by atoms with E-state index in [9.17, 15) is 4.79 Å². The summed E-state index contributed by atoms with van der Waals surface area (Å²) in [6.45, 7) is 8.60. The van der Waals surface area contributed by atoms with E-state index in [1.54, 1.807) is 6.20 Å². The van der Waals surface area contributed by atoms with Crippen molar-refractivity contribution in [3.8, 4) is 0 Å². The van der Waals surface area contributed by atoms with E-state index >= 15 is 0 Å². The van der Waals surface area contributed by atoms with Crippen LogP contribution in [0.3, 0.4) is 0 Å². The lowest BCUT2D eigenvalue weighted by molar-refractivity contribution is -0.121. The van der Waals surface area contributed by atoms with Gasteiger partial charge < -0.3 is 9.73 Å². The number of carbonyl (C=O) groups is 1. The summed E-state index contributed by atoms with van der Waals surface area (Å²) in [5.41, 5.74) is -0.197. The lowest BCUT2D eigenvalue weighted by Gasteiger charge is -2.20. The largest absolute Gasteiger partial charge is 0.444 e. The minimum absolute atomic E-state index is 0.0280. The Kier molecular flexibility index (Phi) is 4.69. The molecule has 0 atom stereocenters. The van der Waals surface area contributed by atoms with Gasteiger partial charge in [-0.2, -0.15) is 0 Å². The number of hydrogen-bond acceptors (Lipinski definition) is 4. The zero-order valence-electron chi connectivity index (χ0n) is 11.0. The van der Waals surface area contributed by atoms with Crippen LogP contribution in [-0.2, 0) is 17.8 Å². The number of nitrogens with one attached hydrogen (secondary N) is 2. The van der Waals surface area contributed by atoms with E-state index in [1.807, 2.05) is 27.7 Å². The Morgan fingerprint density at radius 3 is 2.71 bits per heavy atom. The molecule has 0 saturated heterocycles. The minimum atomic E-state index is -0.197. The summed E-state index contributed by atoms with van der Waals surface area (Å²) in [5, 5.41) is 5.86. The SMILES string of the molecule is CCc1cnc(CNCC(=O)NC(C)(C)C)o1. The fraction of sp³-hybridized carbons (Fsp3) is 0.667. The first-order chi connectivity index (χ1) is 7.90. The van der Waals surface area contributed by atoms with Gasteiger partial charge >= 0.3 is 0 Å². The molecule has 2 N–H and O–H groups in total. The van der Waals surface area contributed by atoms with Gasteiger partial charge in [0.15, 0.2) is 0 Å². The summed E-state index contributed by atoms with van der Waals surface area (Å²) in [5.74, 6) is 1.45. The zero-order valence-corrected chi connectivity index (χ0v) is 11.0. The van der Waals surface area contributed by atoms with Crippen LogP contribution < -0.4 is 10.6 Å². The molecule has 0 aliphatic rings. The highest BCUT2D eigenvalue weighted by Crippen LogP contribution is 2.03. The van der Waals surface area contributed by atoms with Crippen LogP contribution in [0.4, 0.5) is 0 Å². The highest BCUT2D eigenvalue weighted by atomic mass is 16.4. The van der Waals surface area contributed by atoms with Gasteiger partial charge in [0.1, 0.15) is 5.76 Å². The van der Waals surface area contributed by atoms with Crippen molar-refractivity contribution < 1.29 is 9.21 Å². The first-order valence-corrected chi connectivity index (χ1v) is 5.86. The number of nitrogens with zero attached hydrogens (tertiary/aromatic N) is 1. The monoisotopic (exact) mass is 239 g/mol. The molecule has 1 aromatic heterocycles. The first-order valence-electron chi connectivity index (χ1n) is 5.86. The van der Waals surface area contributed by atoms with E-state index in [1.165, 1.54) is 0 Å². The fourth-order valence-corrected chi connectivity index (χ4v) is 1.34. The number of aryl methyl sites for hydroxylation is 1. The number of amides is 1. The quantitative estimate of drug-likeness (QED) is 0.811. The average Bonchev–Trinajstić information content (AvgIpc) is 2.63. The second-order valence-corrected chi connectivity index (χ2v) is 4.98. The number of rotatable bonds is 5. The van der Waals surface area contributed by atoms with Crippen LogP contribution in [0.5, 0.6) is 0 Å². The van der Waals surface area contributed by atoms with Crippen molar-refractivity contribution in [2.45, 2.75) is 46.2 Å². The van der Waals surface area contributed by atoms with Crippen molar-refractivity contribution in [3.05, 3.63) is 17.8 Å². The molecular formula is C12H21N3O2. The lowest BCUT2D eigenvalue weighted by Crippen LogP contribution is -2.44. The number of carbonyl (C=O) groups excluding carboxylic acids is 1. The van der Waals surface area contributed by atoms with E-state index in [4.69, 9.17) is 4.42 Å². The highest BCUT2D eigenvalue weighted by Gasteiger charge is 2.13. The fourth-order valence-electron chi connectivity index (χ4n) is 1.34. The standard InChI is InChI=1S/C12H21N3O2/c1-5-9-6-14-11(17-9)8-13-7-10(16)15-12(2,3)4/h6,13H,5,7-8H2,1-4H3,(H,15,16). The van der Waals surface area contributed by atoms with Gasteiger partial charge in [-0.15, -0.1) is 0 Å². The second kappa shape index (κ2) is 5.82. The number of hydrogen-bond donors (Lipinski definition) is 2. The molecule has 0 aliphatic carbocycles. The normalized spacial score (nSPS) is 11.5. The maximum Gasteiger partial charge on any atom is 0.234 e. The third-order valence-corrected chi connectivity index (χ3v) is 2.03. The van der Waals surface area contributed by atoms with Crippen molar-refractivity contribution in [3.63, 3.8) is 0 Å². The van der Waals surface area contributed by atoms with Gasteiger partial charge in [0.25, 0.3) is 0 Å². The Bertz CT molecular complexity index is 366. The molecule has 17 heavy (non-hydrogen) atoms. The van der Waals surface area contributed by atoms with Gasteiger partial charge in [-0.3, -0.25) is 10.1 Å². The van der Waals surface area contributed by atoms with Gasteiger partial charge in [-0.1, -0.05) is 6.92 Å². The first kappa shape index (κ1) is 13.7. The van der Waals surface area contributed by atoms with Crippen molar-refractivity contribution in [1.82, 2.24) is 15.6 Å². The Morgan fingerprint density at radius 2 is 2.18 bits per heavy atom. The number of aromatic nitrogens is 1. The topological polar surface area (TPSA) is 67.2 Å². The maximum absolute atomic E-state index is 11.5. The molecule has 0 radical (unpaired) electrons. The van der Waals surface area contributed by atoms with E-state index in [0.717, 1.165) is 12.2 Å². The van der Waals surface area contributed by atoms with Crippen LogP contribution in [0.25, 0.3) is 0 Å². The molecule has 1 rings (SSSR count). The van der Waals surface area contributed by atoms with Crippen LogP contribution in [0, 0.1) is 0 Å². The molecule has 0 fully saturated rings. The van der Waals surface area contributed by atoms with Gasteiger partial charge in [0.05, 0.1) is 19.3 Å². The summed E-state index contributed by atoms with van der Waals surface area (Å²) in [6.07, 6.45) is 2.55. The predicted octanol–water partition coefficient (Wildman–Crippen LogP) is 1.24. The van der Waals surface area contributed by atoms with Crippen molar-refractivity contribution in [2.75, 3.05) is 6.54 Å². The Labute approximate surface area is 102 Å². The molecule has 0 spiro atoms. The summed E-state index contributed by atoms with van der Waals surface area (Å²) in [4.78, 5) is 15.6. The molecule has 96 valence electrons. The van der Waals surface area contributed by atoms with Gasteiger partial charge in [0, 0.05) is 12.0 Å². The molecule has 0 bridgehead atoms. The predicted molar refractivity (Wildman–Crippen MR) is 65.5 cm³/mol. The summed E-state index contributed by atoms with van der Waals surface area (Å²) >= 11 is 0. The molecule has 0 aromatic carbocycles. The molecule has 1 aromatic rings. The maximum atomic E-state index is 11.5. The molecule has 0 saturated carbocycles.